The van der Waals surface area contributed by atoms with Crippen LogP contribution < -0.4 is 10.6 Å². The lowest BCUT2D eigenvalue weighted by Crippen LogP contribution is -2.31. The maximum atomic E-state index is 12.4. The van der Waals surface area contributed by atoms with Gasteiger partial charge in [0.05, 0.1) is 6.10 Å². The average molecular weight is 353 g/mol. The molecule has 0 aliphatic carbocycles. The number of benzene rings is 1. The van der Waals surface area contributed by atoms with Crippen LogP contribution in [0.15, 0.2) is 42.6 Å². The van der Waals surface area contributed by atoms with Gasteiger partial charge in [-0.25, -0.2) is 4.98 Å². The summed E-state index contributed by atoms with van der Waals surface area (Å²) >= 11 is 0. The van der Waals surface area contributed by atoms with E-state index in [2.05, 4.69) is 42.5 Å². The van der Waals surface area contributed by atoms with Gasteiger partial charge in [-0.2, -0.15) is 0 Å². The second-order valence-electron chi connectivity index (χ2n) is 7.70. The fourth-order valence-corrected chi connectivity index (χ4v) is 3.14. The zero-order valence-corrected chi connectivity index (χ0v) is 15.7. The Balaban J connectivity index is 1.70. The Morgan fingerprint density at radius 1 is 1.27 bits per heavy atom. The van der Waals surface area contributed by atoms with E-state index < -0.39 is 0 Å². The largest absolute Gasteiger partial charge is 0.376 e. The first kappa shape index (κ1) is 18.4. The van der Waals surface area contributed by atoms with Gasteiger partial charge in [-0.3, -0.25) is 4.79 Å². The second kappa shape index (κ2) is 7.87. The van der Waals surface area contributed by atoms with Gasteiger partial charge in [0.25, 0.3) is 5.91 Å². The fourth-order valence-electron chi connectivity index (χ4n) is 3.14. The molecule has 1 aromatic heterocycles. The summed E-state index contributed by atoms with van der Waals surface area (Å²) in [6.07, 6.45) is 3.87. The molecule has 2 heterocycles. The molecule has 0 saturated carbocycles. The minimum absolute atomic E-state index is 0.0138. The van der Waals surface area contributed by atoms with E-state index >= 15 is 0 Å². The minimum atomic E-state index is -0.102. The van der Waals surface area contributed by atoms with Gasteiger partial charge in [0.1, 0.15) is 5.82 Å². The average Bonchev–Trinajstić information content (AvgIpc) is 3.13. The topological polar surface area (TPSA) is 63.2 Å². The number of rotatable bonds is 5. The van der Waals surface area contributed by atoms with E-state index in [1.54, 1.807) is 18.3 Å². The number of amides is 1. The van der Waals surface area contributed by atoms with Crippen LogP contribution in [0.25, 0.3) is 0 Å². The Labute approximate surface area is 155 Å². The van der Waals surface area contributed by atoms with Crippen LogP contribution >= 0.6 is 0 Å². The van der Waals surface area contributed by atoms with Crippen molar-refractivity contribution in [1.82, 2.24) is 10.3 Å². The zero-order chi connectivity index (χ0) is 18.6. The molecule has 1 unspecified atom stereocenters. The predicted molar refractivity (Wildman–Crippen MR) is 104 cm³/mol. The molecule has 1 aromatic carbocycles. The van der Waals surface area contributed by atoms with Crippen LogP contribution in [0.4, 0.5) is 11.5 Å². The van der Waals surface area contributed by atoms with Gasteiger partial charge in [0.15, 0.2) is 0 Å². The van der Waals surface area contributed by atoms with Gasteiger partial charge in [-0.15, -0.1) is 0 Å². The molecule has 1 aliphatic rings. The molecule has 1 amide bonds. The summed E-state index contributed by atoms with van der Waals surface area (Å²) in [5.41, 5.74) is 2.81. The Morgan fingerprint density at radius 2 is 2.08 bits per heavy atom. The van der Waals surface area contributed by atoms with E-state index in [-0.39, 0.29) is 17.4 Å². The number of carbonyl (C=O) groups is 1. The lowest BCUT2D eigenvalue weighted by atomic mass is 9.86. The Bertz CT molecular complexity index is 762. The summed E-state index contributed by atoms with van der Waals surface area (Å²) in [6.45, 7) is 7.87. The Kier molecular flexibility index (Phi) is 5.57. The van der Waals surface area contributed by atoms with Crippen LogP contribution in [-0.2, 0) is 10.2 Å². The number of hydrogen-bond acceptors (Lipinski definition) is 4. The number of nitrogens with zero attached hydrogens (tertiary/aromatic N) is 1. The molecular formula is C21H27N3O2. The third kappa shape index (κ3) is 4.61. The third-order valence-corrected chi connectivity index (χ3v) is 4.53. The monoisotopic (exact) mass is 353 g/mol. The summed E-state index contributed by atoms with van der Waals surface area (Å²) in [5, 5.41) is 6.30. The van der Waals surface area contributed by atoms with Crippen molar-refractivity contribution >= 4 is 17.4 Å². The molecule has 1 atom stereocenters. The van der Waals surface area contributed by atoms with E-state index in [4.69, 9.17) is 4.74 Å². The molecule has 0 bridgehead atoms. The molecular weight excluding hydrogens is 326 g/mol. The first-order valence-electron chi connectivity index (χ1n) is 9.16. The maximum absolute atomic E-state index is 12.4. The number of anilines is 2. The number of pyridine rings is 1. The molecule has 2 N–H and O–H groups in total. The van der Waals surface area contributed by atoms with E-state index in [0.717, 1.165) is 25.1 Å². The van der Waals surface area contributed by atoms with Crippen LogP contribution in [0.5, 0.6) is 0 Å². The highest BCUT2D eigenvalue weighted by atomic mass is 16.5. The van der Waals surface area contributed by atoms with Crippen molar-refractivity contribution in [3.8, 4) is 0 Å². The zero-order valence-electron chi connectivity index (χ0n) is 15.7. The number of carbonyl (C=O) groups excluding carboxylic acids is 1. The van der Waals surface area contributed by atoms with Gasteiger partial charge < -0.3 is 15.4 Å². The predicted octanol–water partition coefficient (Wildman–Crippen LogP) is 4.03. The molecule has 1 saturated heterocycles. The summed E-state index contributed by atoms with van der Waals surface area (Å²) in [4.78, 5) is 16.8. The maximum Gasteiger partial charge on any atom is 0.251 e. The quantitative estimate of drug-likeness (QED) is 0.852. The molecule has 1 aliphatic heterocycles. The van der Waals surface area contributed by atoms with Crippen LogP contribution in [0.1, 0.15) is 49.5 Å². The summed E-state index contributed by atoms with van der Waals surface area (Å²) in [6, 6.07) is 11.7. The first-order chi connectivity index (χ1) is 12.4. The number of ether oxygens (including phenoxy) is 1. The first-order valence-corrected chi connectivity index (χ1v) is 9.16. The van der Waals surface area contributed by atoms with Crippen LogP contribution in [0, 0.1) is 0 Å². The Morgan fingerprint density at radius 3 is 2.81 bits per heavy atom. The van der Waals surface area contributed by atoms with Crippen molar-refractivity contribution < 1.29 is 9.53 Å². The third-order valence-electron chi connectivity index (χ3n) is 4.53. The molecule has 5 nitrogen and oxygen atoms in total. The number of hydrogen-bond donors (Lipinski definition) is 2. The van der Waals surface area contributed by atoms with E-state index in [9.17, 15) is 4.79 Å². The van der Waals surface area contributed by atoms with Crippen LogP contribution in [0.3, 0.4) is 0 Å². The fraction of sp³-hybridized carbons (Fsp3) is 0.429. The lowest BCUT2D eigenvalue weighted by Gasteiger charge is -2.23. The lowest BCUT2D eigenvalue weighted by molar-refractivity contribution is 0.0857. The van der Waals surface area contributed by atoms with Crippen LogP contribution in [0.2, 0.25) is 0 Å². The van der Waals surface area contributed by atoms with Crippen molar-refractivity contribution in [2.45, 2.75) is 45.1 Å². The smallest absolute Gasteiger partial charge is 0.251 e. The normalized spacial score (nSPS) is 17.1. The van der Waals surface area contributed by atoms with Gasteiger partial charge in [0, 0.05) is 30.6 Å². The number of nitrogens with one attached hydrogen (secondary N) is 2. The molecule has 5 heteroatoms. The van der Waals surface area contributed by atoms with Gasteiger partial charge >= 0.3 is 0 Å². The van der Waals surface area contributed by atoms with E-state index in [1.807, 2.05) is 18.2 Å². The van der Waals surface area contributed by atoms with Crippen molar-refractivity contribution in [3.63, 3.8) is 0 Å². The molecule has 2 aromatic rings. The highest BCUT2D eigenvalue weighted by Gasteiger charge is 2.19. The van der Waals surface area contributed by atoms with Gasteiger partial charge in [0.2, 0.25) is 0 Å². The molecule has 3 rings (SSSR count). The van der Waals surface area contributed by atoms with Crippen molar-refractivity contribution in [1.29, 1.82) is 0 Å². The molecule has 0 spiro atoms. The van der Waals surface area contributed by atoms with Crippen molar-refractivity contribution in [2.24, 2.45) is 0 Å². The molecule has 0 radical (unpaired) electrons. The van der Waals surface area contributed by atoms with Gasteiger partial charge in [-0.1, -0.05) is 39.0 Å². The standard InChI is InChI=1S/C21H27N3O2/c1-21(2,3)17-8-4-5-9-18(17)24-19-13-15(10-11-22-19)20(25)23-14-16-7-6-12-26-16/h4-5,8-11,13,16H,6-7,12,14H2,1-3H3,(H,22,24)(H,23,25). The van der Waals surface area contributed by atoms with Crippen molar-refractivity contribution in [3.05, 3.63) is 53.7 Å². The van der Waals surface area contributed by atoms with Crippen molar-refractivity contribution in [2.75, 3.05) is 18.5 Å². The number of para-hydroxylation sites is 1. The summed E-state index contributed by atoms with van der Waals surface area (Å²) in [5.74, 6) is 0.557. The number of aromatic nitrogens is 1. The Hall–Kier alpha value is -2.40. The van der Waals surface area contributed by atoms with E-state index in [1.165, 1.54) is 5.56 Å². The summed E-state index contributed by atoms with van der Waals surface area (Å²) < 4.78 is 5.55. The molecule has 1 fully saturated rings. The minimum Gasteiger partial charge on any atom is -0.376 e. The SMILES string of the molecule is CC(C)(C)c1ccccc1Nc1cc(C(=O)NCC2CCCO2)ccn1. The highest BCUT2D eigenvalue weighted by Crippen LogP contribution is 2.30. The second-order valence-corrected chi connectivity index (χ2v) is 7.70. The van der Waals surface area contributed by atoms with Gasteiger partial charge in [-0.05, 0) is 42.0 Å². The van der Waals surface area contributed by atoms with E-state index in [0.29, 0.717) is 17.9 Å². The van der Waals surface area contributed by atoms with Crippen LogP contribution in [-0.4, -0.2) is 30.1 Å². The summed E-state index contributed by atoms with van der Waals surface area (Å²) in [7, 11) is 0. The molecule has 138 valence electrons. The highest BCUT2D eigenvalue weighted by molar-refractivity contribution is 5.95. The molecule has 26 heavy (non-hydrogen) atoms.